The molecule has 0 aliphatic carbocycles. The molecule has 0 radical (unpaired) electrons. The van der Waals surface area contributed by atoms with Crippen molar-refractivity contribution >= 4 is 51.9 Å². The third-order valence-electron chi connectivity index (χ3n) is 4.95. The van der Waals surface area contributed by atoms with Crippen molar-refractivity contribution in [3.63, 3.8) is 0 Å². The first-order valence-electron chi connectivity index (χ1n) is 10.2. The van der Waals surface area contributed by atoms with Gasteiger partial charge in [0.25, 0.3) is 5.91 Å². The molecule has 3 aromatic rings. The number of nitrogens with one attached hydrogen (secondary N) is 1. The first-order valence-corrected chi connectivity index (χ1v) is 11.7. The Labute approximate surface area is 212 Å². The van der Waals surface area contributed by atoms with Crippen LogP contribution in [-0.4, -0.2) is 5.91 Å². The summed E-state index contributed by atoms with van der Waals surface area (Å²) >= 11 is 8.39. The Morgan fingerprint density at radius 1 is 1.21 bits per heavy atom. The molecular weight excluding hydrogens is 547 g/mol. The Morgan fingerprint density at radius 2 is 1.97 bits per heavy atom. The lowest BCUT2D eigenvalue weighted by Crippen LogP contribution is -2.14. The molecule has 0 heterocycles. The average Bonchev–Trinajstić information content (AvgIpc) is 2.81. The predicted octanol–water partition coefficient (Wildman–Crippen LogP) is 7.11. The van der Waals surface area contributed by atoms with Crippen LogP contribution in [0.3, 0.4) is 0 Å². The van der Waals surface area contributed by atoms with Gasteiger partial charge in [0.2, 0.25) is 0 Å². The van der Waals surface area contributed by atoms with Crippen molar-refractivity contribution in [1.29, 1.82) is 5.26 Å². The first kappa shape index (κ1) is 24.6. The van der Waals surface area contributed by atoms with Gasteiger partial charge in [-0.15, -0.1) is 6.58 Å². The SMILES string of the molecule is C=CCc1cc(/C=C(\C#N)C(=O)Nc2cccc(Cl)c2C)ccc1OCc1ccc(I)cc1. The highest BCUT2D eigenvalue weighted by Crippen LogP contribution is 2.25. The number of allylic oxidation sites excluding steroid dienone is 1. The van der Waals surface area contributed by atoms with E-state index in [1.165, 1.54) is 3.57 Å². The van der Waals surface area contributed by atoms with E-state index in [9.17, 15) is 10.1 Å². The smallest absolute Gasteiger partial charge is 0.266 e. The van der Waals surface area contributed by atoms with Gasteiger partial charge in [-0.2, -0.15) is 5.26 Å². The van der Waals surface area contributed by atoms with E-state index in [-0.39, 0.29) is 5.57 Å². The number of nitrogens with zero attached hydrogens (tertiary/aromatic N) is 1. The number of nitriles is 1. The number of anilines is 1. The van der Waals surface area contributed by atoms with Gasteiger partial charge in [0.1, 0.15) is 24.0 Å². The van der Waals surface area contributed by atoms with Crippen LogP contribution in [-0.2, 0) is 17.8 Å². The van der Waals surface area contributed by atoms with E-state index in [0.29, 0.717) is 23.7 Å². The maximum absolute atomic E-state index is 12.7. The fourth-order valence-corrected chi connectivity index (χ4v) is 3.67. The third-order valence-corrected chi connectivity index (χ3v) is 6.08. The van der Waals surface area contributed by atoms with Gasteiger partial charge < -0.3 is 10.1 Å². The molecule has 0 fully saturated rings. The minimum Gasteiger partial charge on any atom is -0.489 e. The molecule has 6 heteroatoms. The van der Waals surface area contributed by atoms with Gasteiger partial charge >= 0.3 is 0 Å². The number of carbonyl (C=O) groups excluding carboxylic acids is 1. The molecule has 0 aliphatic heterocycles. The van der Waals surface area contributed by atoms with Gasteiger partial charge in [0.15, 0.2) is 0 Å². The van der Waals surface area contributed by atoms with Crippen LogP contribution in [0.4, 0.5) is 5.69 Å². The maximum Gasteiger partial charge on any atom is 0.266 e. The number of ether oxygens (including phenoxy) is 1. The number of rotatable bonds is 8. The summed E-state index contributed by atoms with van der Waals surface area (Å²) in [5.41, 5.74) is 4.03. The number of hydrogen-bond acceptors (Lipinski definition) is 3. The second-order valence-electron chi connectivity index (χ2n) is 7.31. The molecule has 0 saturated heterocycles. The van der Waals surface area contributed by atoms with Crippen molar-refractivity contribution < 1.29 is 9.53 Å². The van der Waals surface area contributed by atoms with Crippen LogP contribution in [0.25, 0.3) is 6.08 Å². The predicted molar refractivity (Wildman–Crippen MR) is 142 cm³/mol. The zero-order chi connectivity index (χ0) is 23.8. The highest BCUT2D eigenvalue weighted by molar-refractivity contribution is 14.1. The molecule has 0 saturated carbocycles. The molecule has 0 aliphatic rings. The minimum atomic E-state index is -0.493. The van der Waals surface area contributed by atoms with E-state index in [2.05, 4.69) is 34.5 Å². The number of carbonyl (C=O) groups is 1. The lowest BCUT2D eigenvalue weighted by molar-refractivity contribution is -0.112. The molecule has 0 unspecified atom stereocenters. The molecule has 4 nitrogen and oxygen atoms in total. The Hall–Kier alpha value is -3.08. The van der Waals surface area contributed by atoms with Crippen LogP contribution in [0.1, 0.15) is 22.3 Å². The molecule has 166 valence electrons. The summed E-state index contributed by atoms with van der Waals surface area (Å²) in [5.74, 6) is 0.246. The average molecular weight is 569 g/mol. The summed E-state index contributed by atoms with van der Waals surface area (Å²) < 4.78 is 7.19. The second kappa shape index (κ2) is 11.7. The molecule has 3 rings (SSSR count). The third kappa shape index (κ3) is 6.70. The molecule has 0 aromatic heterocycles. The van der Waals surface area contributed by atoms with Crippen molar-refractivity contribution in [2.24, 2.45) is 0 Å². The van der Waals surface area contributed by atoms with Gasteiger partial charge in [0.05, 0.1) is 0 Å². The number of benzene rings is 3. The van der Waals surface area contributed by atoms with Crippen LogP contribution >= 0.6 is 34.2 Å². The summed E-state index contributed by atoms with van der Waals surface area (Å²) in [5, 5.41) is 12.9. The van der Waals surface area contributed by atoms with E-state index >= 15 is 0 Å². The fourth-order valence-electron chi connectivity index (χ4n) is 3.13. The molecule has 1 N–H and O–H groups in total. The van der Waals surface area contributed by atoms with Crippen LogP contribution in [0.15, 0.2) is 78.9 Å². The quantitative estimate of drug-likeness (QED) is 0.136. The lowest BCUT2D eigenvalue weighted by atomic mass is 10.0. The maximum atomic E-state index is 12.7. The number of halogens is 2. The van der Waals surface area contributed by atoms with E-state index < -0.39 is 5.91 Å². The van der Waals surface area contributed by atoms with Gasteiger partial charge in [-0.05, 0) is 101 Å². The van der Waals surface area contributed by atoms with Crippen LogP contribution in [0.5, 0.6) is 5.75 Å². The summed E-state index contributed by atoms with van der Waals surface area (Å²) in [6, 6.07) is 21.0. The molecule has 33 heavy (non-hydrogen) atoms. The number of hydrogen-bond donors (Lipinski definition) is 1. The lowest BCUT2D eigenvalue weighted by Gasteiger charge is -2.12. The van der Waals surface area contributed by atoms with Crippen molar-refractivity contribution in [2.75, 3.05) is 5.32 Å². The van der Waals surface area contributed by atoms with Crippen molar-refractivity contribution in [1.82, 2.24) is 0 Å². The largest absolute Gasteiger partial charge is 0.489 e. The summed E-state index contributed by atoms with van der Waals surface area (Å²) in [7, 11) is 0. The first-order chi connectivity index (χ1) is 15.9. The fraction of sp³-hybridized carbons (Fsp3) is 0.111. The zero-order valence-corrected chi connectivity index (χ0v) is 21.0. The Bertz CT molecular complexity index is 1240. The molecule has 0 bridgehead atoms. The van der Waals surface area contributed by atoms with Gasteiger partial charge in [-0.3, -0.25) is 4.79 Å². The van der Waals surface area contributed by atoms with Crippen LogP contribution in [0, 0.1) is 21.8 Å². The van der Waals surface area contributed by atoms with Crippen LogP contribution in [0.2, 0.25) is 5.02 Å². The summed E-state index contributed by atoms with van der Waals surface area (Å²) in [6.45, 7) is 6.08. The van der Waals surface area contributed by atoms with E-state index in [1.54, 1.807) is 30.4 Å². The van der Waals surface area contributed by atoms with Crippen molar-refractivity contribution in [3.05, 3.63) is 110 Å². The summed E-state index contributed by atoms with van der Waals surface area (Å²) in [6.07, 6.45) is 3.95. The van der Waals surface area contributed by atoms with E-state index in [4.69, 9.17) is 16.3 Å². The van der Waals surface area contributed by atoms with Crippen molar-refractivity contribution in [2.45, 2.75) is 20.0 Å². The molecule has 3 aromatic carbocycles. The normalized spacial score (nSPS) is 10.9. The number of amides is 1. The molecular formula is C27H22ClIN2O2. The standard InChI is InChI=1S/C27H22ClIN2O2/c1-3-5-21-14-20(10-13-26(21)33-17-19-8-11-23(29)12-9-19)15-22(16-30)27(32)31-25-7-4-6-24(28)18(25)2/h3-4,6-15H,1,5,17H2,2H3,(H,31,32)/b22-15+. The highest BCUT2D eigenvalue weighted by Gasteiger charge is 2.13. The van der Waals surface area contributed by atoms with Gasteiger partial charge in [0, 0.05) is 14.3 Å². The molecule has 1 amide bonds. The van der Waals surface area contributed by atoms with Gasteiger partial charge in [-0.25, -0.2) is 0 Å². The topological polar surface area (TPSA) is 62.1 Å². The zero-order valence-electron chi connectivity index (χ0n) is 18.1. The monoisotopic (exact) mass is 568 g/mol. The van der Waals surface area contributed by atoms with E-state index in [0.717, 1.165) is 28.0 Å². The van der Waals surface area contributed by atoms with E-state index in [1.807, 2.05) is 55.5 Å². The Morgan fingerprint density at radius 3 is 2.67 bits per heavy atom. The van der Waals surface area contributed by atoms with Crippen molar-refractivity contribution in [3.8, 4) is 11.8 Å². The van der Waals surface area contributed by atoms with Gasteiger partial charge in [-0.1, -0.05) is 41.9 Å². The molecule has 0 atom stereocenters. The Kier molecular flexibility index (Phi) is 8.70. The highest BCUT2D eigenvalue weighted by atomic mass is 127. The minimum absolute atomic E-state index is 0.00788. The Balaban J connectivity index is 1.80. The van der Waals surface area contributed by atoms with Crippen LogP contribution < -0.4 is 10.1 Å². The summed E-state index contributed by atoms with van der Waals surface area (Å²) in [4.78, 5) is 12.7. The molecule has 0 spiro atoms. The second-order valence-corrected chi connectivity index (χ2v) is 8.96.